The van der Waals surface area contributed by atoms with Crippen LogP contribution in [0.25, 0.3) is 5.73 Å². The van der Waals surface area contributed by atoms with E-state index in [-0.39, 0.29) is 39.4 Å². The van der Waals surface area contributed by atoms with Gasteiger partial charge in [-0.3, -0.25) is 0 Å². The van der Waals surface area contributed by atoms with Gasteiger partial charge in [-0.1, -0.05) is 19.3 Å². The summed E-state index contributed by atoms with van der Waals surface area (Å²) in [5, 5.41) is 43.2. The Balaban J connectivity index is 0. The molecule has 22 heavy (non-hydrogen) atoms. The van der Waals surface area contributed by atoms with E-state index >= 15 is 0 Å². The summed E-state index contributed by atoms with van der Waals surface area (Å²) in [6, 6.07) is 0.201. The third-order valence-corrected chi connectivity index (χ3v) is 3.24. The number of rotatable bonds is 5. The number of nitrogens with two attached hydrogens (primary N) is 1. The molecule has 1 aliphatic rings. The maximum Gasteiger partial charge on any atom is 0.335 e. The third kappa shape index (κ3) is 8.28. The Hall–Kier alpha value is -0.412. The minimum absolute atomic E-state index is 0. The van der Waals surface area contributed by atoms with Gasteiger partial charge in [-0.15, -0.1) is 6.04 Å². The Labute approximate surface area is 142 Å². The summed E-state index contributed by atoms with van der Waals surface area (Å²) in [6.07, 6.45) is -3.87. The normalized spacial score (nSPS) is 26.3. The van der Waals surface area contributed by atoms with Crippen LogP contribution in [-0.2, 0) is 30.7 Å². The van der Waals surface area contributed by atoms with Crippen LogP contribution in [0.5, 0.6) is 0 Å². The molecule has 0 bridgehead atoms. The van der Waals surface area contributed by atoms with Crippen molar-refractivity contribution in [1.82, 2.24) is 0 Å². The summed E-state index contributed by atoms with van der Waals surface area (Å²) < 4.78 is 0. The number of nitrogens with one attached hydrogen (secondary N) is 1. The fourth-order valence-corrected chi connectivity index (χ4v) is 1.77. The SMILES string of the molecule is O=C[C@H](O)[C@@H](O)[C@H](O)[C@H](O)C(=O)O.[NH-]C1CCCCC1N.[Pt]. The van der Waals surface area contributed by atoms with Crippen molar-refractivity contribution < 1.29 is 56.2 Å². The number of carboxylic acid groups (broad SMARTS) is 1. The molecule has 0 saturated heterocycles. The first kappa shape index (κ1) is 23.8. The van der Waals surface area contributed by atoms with Crippen molar-refractivity contribution in [3.8, 4) is 0 Å². The van der Waals surface area contributed by atoms with Crippen LogP contribution >= 0.6 is 0 Å². The molecule has 1 aliphatic carbocycles. The molecule has 0 heterocycles. The third-order valence-electron chi connectivity index (χ3n) is 3.24. The van der Waals surface area contributed by atoms with Crippen molar-refractivity contribution in [3.63, 3.8) is 0 Å². The smallest absolute Gasteiger partial charge is 0.335 e. The summed E-state index contributed by atoms with van der Waals surface area (Å²) in [6.45, 7) is 0. The molecular formula is C12H23N2O7Pt-. The average Bonchev–Trinajstić information content (AvgIpc) is 2.47. The fraction of sp³-hybridized carbons (Fsp3) is 0.833. The zero-order valence-electron chi connectivity index (χ0n) is 11.8. The van der Waals surface area contributed by atoms with Gasteiger partial charge in [0.2, 0.25) is 0 Å². The molecule has 0 aromatic carbocycles. The summed E-state index contributed by atoms with van der Waals surface area (Å²) in [4.78, 5) is 20.0. The van der Waals surface area contributed by atoms with E-state index in [0.29, 0.717) is 0 Å². The van der Waals surface area contributed by atoms with Gasteiger partial charge >= 0.3 is 5.97 Å². The van der Waals surface area contributed by atoms with E-state index in [2.05, 4.69) is 0 Å². The number of carbonyl (C=O) groups is 2. The number of carbonyl (C=O) groups excluding carboxylic acids is 1. The van der Waals surface area contributed by atoms with Gasteiger partial charge in [0.05, 0.1) is 0 Å². The maximum atomic E-state index is 10.1. The number of hydrogen-bond donors (Lipinski definition) is 6. The van der Waals surface area contributed by atoms with Gasteiger partial charge in [-0.05, 0) is 12.5 Å². The molecular weight excluding hydrogens is 479 g/mol. The van der Waals surface area contributed by atoms with Gasteiger partial charge in [0.25, 0.3) is 0 Å². The van der Waals surface area contributed by atoms with Crippen molar-refractivity contribution in [3.05, 3.63) is 5.73 Å². The number of hydrogen-bond acceptors (Lipinski definition) is 7. The first-order valence-corrected chi connectivity index (χ1v) is 6.59. The largest absolute Gasteiger partial charge is 0.673 e. The molecule has 1 fully saturated rings. The molecule has 0 aliphatic heterocycles. The Morgan fingerprint density at radius 3 is 1.95 bits per heavy atom. The number of aliphatic hydroxyl groups excluding tert-OH is 4. The molecule has 8 N–H and O–H groups in total. The van der Waals surface area contributed by atoms with Crippen molar-refractivity contribution in [2.75, 3.05) is 0 Å². The minimum Gasteiger partial charge on any atom is -0.673 e. The molecule has 0 amide bonds. The first-order chi connectivity index (χ1) is 9.72. The summed E-state index contributed by atoms with van der Waals surface area (Å²) in [7, 11) is 0. The molecule has 10 heteroatoms. The Morgan fingerprint density at radius 1 is 1.14 bits per heavy atom. The molecule has 9 nitrogen and oxygen atoms in total. The second kappa shape index (κ2) is 12.1. The maximum absolute atomic E-state index is 10.1. The van der Waals surface area contributed by atoms with Crippen LogP contribution in [0.15, 0.2) is 0 Å². The summed E-state index contributed by atoms with van der Waals surface area (Å²) >= 11 is 0. The van der Waals surface area contributed by atoms with Crippen molar-refractivity contribution in [2.24, 2.45) is 5.73 Å². The van der Waals surface area contributed by atoms with E-state index < -0.39 is 30.4 Å². The monoisotopic (exact) mass is 502 g/mol. The molecule has 0 spiro atoms. The molecule has 2 unspecified atom stereocenters. The first-order valence-electron chi connectivity index (χ1n) is 6.59. The van der Waals surface area contributed by atoms with E-state index in [1.165, 1.54) is 12.8 Å². The van der Waals surface area contributed by atoms with Gasteiger partial charge < -0.3 is 41.8 Å². The standard InChI is InChI=1S/C6H13N2.C6H10O7.Pt/c7-5-3-1-2-4-6(5)8;7-1-2(8)3(9)4(10)5(11)6(12)13;/h5-7H,1-4,8H2;1-5,8-11H,(H,12,13);/q-1;;/t;2-,3+,4-,5-;/m.0./s1. The summed E-state index contributed by atoms with van der Waals surface area (Å²) in [5.74, 6) is -1.76. The van der Waals surface area contributed by atoms with Crippen LogP contribution in [0.3, 0.4) is 0 Å². The molecule has 1 saturated carbocycles. The van der Waals surface area contributed by atoms with Crippen LogP contribution in [-0.4, -0.2) is 74.3 Å². The second-order valence-electron chi connectivity index (χ2n) is 4.95. The van der Waals surface area contributed by atoms with Gasteiger partial charge in [-0.25, -0.2) is 4.79 Å². The van der Waals surface area contributed by atoms with E-state index in [0.717, 1.165) is 12.8 Å². The van der Waals surface area contributed by atoms with Crippen LogP contribution < -0.4 is 5.73 Å². The zero-order valence-corrected chi connectivity index (χ0v) is 14.1. The van der Waals surface area contributed by atoms with Crippen LogP contribution in [0.2, 0.25) is 0 Å². The van der Waals surface area contributed by atoms with E-state index in [4.69, 9.17) is 37.0 Å². The molecule has 0 radical (unpaired) electrons. The van der Waals surface area contributed by atoms with Gasteiger partial charge in [0.1, 0.15) is 18.3 Å². The summed E-state index contributed by atoms with van der Waals surface area (Å²) in [5.41, 5.74) is 12.9. The fourth-order valence-electron chi connectivity index (χ4n) is 1.77. The number of aldehydes is 1. The Kier molecular flexibility index (Phi) is 13.1. The molecule has 0 aromatic heterocycles. The number of aliphatic hydroxyl groups is 4. The number of aliphatic carboxylic acids is 1. The number of carboxylic acids is 1. The van der Waals surface area contributed by atoms with Crippen molar-refractivity contribution >= 4 is 12.3 Å². The van der Waals surface area contributed by atoms with E-state index in [1.807, 2.05) is 0 Å². The Bertz CT molecular complexity index is 325. The van der Waals surface area contributed by atoms with Crippen LogP contribution in [0.1, 0.15) is 25.7 Å². The second-order valence-corrected chi connectivity index (χ2v) is 4.95. The quantitative estimate of drug-likeness (QED) is 0.234. The average molecular weight is 502 g/mol. The predicted octanol–water partition coefficient (Wildman–Crippen LogP) is -1.98. The van der Waals surface area contributed by atoms with Crippen molar-refractivity contribution in [1.29, 1.82) is 0 Å². The molecule has 0 aromatic rings. The van der Waals surface area contributed by atoms with Gasteiger partial charge in [0, 0.05) is 21.1 Å². The topological polar surface area (TPSA) is 185 Å². The predicted molar refractivity (Wildman–Crippen MR) is 72.3 cm³/mol. The van der Waals surface area contributed by atoms with Gasteiger partial charge in [-0.2, -0.15) is 0 Å². The van der Waals surface area contributed by atoms with E-state index in [1.54, 1.807) is 0 Å². The van der Waals surface area contributed by atoms with E-state index in [9.17, 15) is 9.59 Å². The molecule has 134 valence electrons. The Morgan fingerprint density at radius 2 is 1.64 bits per heavy atom. The van der Waals surface area contributed by atoms with Crippen LogP contribution in [0, 0.1) is 0 Å². The molecule has 1 rings (SSSR count). The van der Waals surface area contributed by atoms with Crippen LogP contribution in [0.4, 0.5) is 0 Å². The zero-order chi connectivity index (χ0) is 16.6. The minimum atomic E-state index is -2.25. The van der Waals surface area contributed by atoms with Crippen molar-refractivity contribution in [2.45, 2.75) is 62.2 Å². The van der Waals surface area contributed by atoms with Gasteiger partial charge in [0.15, 0.2) is 12.4 Å². The molecule has 6 atom stereocenters.